The minimum atomic E-state index is -0.771. The van der Waals surface area contributed by atoms with E-state index in [9.17, 15) is 14.4 Å². The molecule has 0 fully saturated rings. The van der Waals surface area contributed by atoms with Gasteiger partial charge >= 0.3 is 17.9 Å². The number of hydrogen-bond donors (Lipinski definition) is 0. The first-order valence-electron chi connectivity index (χ1n) is 35.9. The Bertz CT molecular complexity index is 1500. The quantitative estimate of drug-likeness (QED) is 0.0261. The Morgan fingerprint density at radius 3 is 0.744 bits per heavy atom. The number of allylic oxidation sites excluding steroid dienone is 12. The molecule has 0 bridgehead atoms. The normalized spacial score (nSPS) is 12.5. The molecule has 6 heteroatoms. The van der Waals surface area contributed by atoms with E-state index in [0.29, 0.717) is 19.3 Å². The largest absolute Gasteiger partial charge is 0.462 e. The van der Waals surface area contributed by atoms with Gasteiger partial charge in [0.1, 0.15) is 13.2 Å². The number of ether oxygens (including phenoxy) is 3. The third-order valence-electron chi connectivity index (χ3n) is 16.0. The standard InChI is InChI=1S/C76H136O6/c1-4-7-10-13-15-17-19-21-23-25-27-29-31-33-35-37-38-39-41-42-44-46-48-50-52-54-56-58-60-63-66-69-75(78)81-72-73(71-80-74(77)68-65-62-12-9-6-3)82-76(79)70-67-64-61-59-57-55-53-51-49-47-45-43-40-36-34-32-30-28-26-24-22-20-18-16-14-11-8-5-2/h7,10,15,17,21,23,27,29,33,35,38-39,73H,4-6,8-9,11-14,16,18-20,22,24-26,28,30-32,34,36-37,40-72H2,1-3H3/b10-7-,17-15-,23-21-,29-27-,35-33-,39-38-. The van der Waals surface area contributed by atoms with Gasteiger partial charge in [-0.05, 0) is 70.6 Å². The summed E-state index contributed by atoms with van der Waals surface area (Å²) in [6.07, 6.45) is 92.8. The fourth-order valence-corrected chi connectivity index (χ4v) is 10.6. The minimum absolute atomic E-state index is 0.0720. The van der Waals surface area contributed by atoms with E-state index in [1.165, 1.54) is 231 Å². The first-order valence-corrected chi connectivity index (χ1v) is 35.9. The lowest BCUT2D eigenvalue weighted by Gasteiger charge is -2.18. The highest BCUT2D eigenvalue weighted by Gasteiger charge is 2.19. The Balaban J connectivity index is 3.95. The fraction of sp³-hybridized carbons (Fsp3) is 0.803. The number of unbranched alkanes of at least 4 members (excludes halogenated alkanes) is 43. The summed E-state index contributed by atoms with van der Waals surface area (Å²) in [5.74, 6) is -0.867. The molecule has 0 amide bonds. The van der Waals surface area contributed by atoms with Crippen LogP contribution in [0.3, 0.4) is 0 Å². The predicted molar refractivity (Wildman–Crippen MR) is 358 cm³/mol. The molecule has 0 aliphatic rings. The average Bonchev–Trinajstić information content (AvgIpc) is 3.48. The van der Waals surface area contributed by atoms with Crippen LogP contribution in [-0.4, -0.2) is 37.2 Å². The van der Waals surface area contributed by atoms with Crippen LogP contribution in [0.1, 0.15) is 374 Å². The molecular weight excluding hydrogens is 1010 g/mol. The highest BCUT2D eigenvalue weighted by atomic mass is 16.6. The Morgan fingerprint density at radius 1 is 0.256 bits per heavy atom. The van der Waals surface area contributed by atoms with Gasteiger partial charge in [-0.25, -0.2) is 0 Å². The average molecular weight is 1150 g/mol. The van der Waals surface area contributed by atoms with Gasteiger partial charge in [-0.3, -0.25) is 14.4 Å². The van der Waals surface area contributed by atoms with Crippen molar-refractivity contribution in [3.8, 4) is 0 Å². The van der Waals surface area contributed by atoms with E-state index >= 15 is 0 Å². The lowest BCUT2D eigenvalue weighted by Crippen LogP contribution is -2.30. The Hall–Kier alpha value is -3.15. The molecule has 0 saturated carbocycles. The van der Waals surface area contributed by atoms with Crippen LogP contribution in [0.2, 0.25) is 0 Å². The fourth-order valence-electron chi connectivity index (χ4n) is 10.6. The van der Waals surface area contributed by atoms with Gasteiger partial charge in [0.15, 0.2) is 6.10 Å². The van der Waals surface area contributed by atoms with Crippen LogP contribution < -0.4 is 0 Å². The van der Waals surface area contributed by atoms with Crippen molar-refractivity contribution < 1.29 is 28.6 Å². The van der Waals surface area contributed by atoms with E-state index in [4.69, 9.17) is 14.2 Å². The molecule has 0 spiro atoms. The van der Waals surface area contributed by atoms with Gasteiger partial charge in [0, 0.05) is 19.3 Å². The van der Waals surface area contributed by atoms with E-state index in [1.807, 2.05) is 0 Å². The second-order valence-electron chi connectivity index (χ2n) is 24.1. The van der Waals surface area contributed by atoms with Crippen molar-refractivity contribution in [2.75, 3.05) is 13.2 Å². The third-order valence-corrected chi connectivity index (χ3v) is 16.0. The maximum absolute atomic E-state index is 12.9. The highest BCUT2D eigenvalue weighted by molar-refractivity contribution is 5.71. The van der Waals surface area contributed by atoms with Crippen molar-refractivity contribution in [3.63, 3.8) is 0 Å². The van der Waals surface area contributed by atoms with Crippen molar-refractivity contribution in [2.45, 2.75) is 380 Å². The summed E-state index contributed by atoms with van der Waals surface area (Å²) >= 11 is 0. The van der Waals surface area contributed by atoms with Crippen LogP contribution >= 0.6 is 0 Å². The molecule has 0 aliphatic carbocycles. The van der Waals surface area contributed by atoms with Gasteiger partial charge in [-0.2, -0.15) is 0 Å². The molecule has 6 nitrogen and oxygen atoms in total. The summed E-state index contributed by atoms with van der Waals surface area (Å²) in [4.78, 5) is 38.0. The zero-order valence-electron chi connectivity index (χ0n) is 54.8. The third kappa shape index (κ3) is 67.6. The SMILES string of the molecule is CC/C=C\C/C=C\C/C=C\C/C=C\C/C=C\C/C=C\CCCCCCCCCCCCCCC(=O)OCC(COC(=O)CCCCCCC)OC(=O)CCCCCCCCCCCCCCCCCCCCCCCCCCCCCC. The molecule has 0 radical (unpaired) electrons. The molecular formula is C76H136O6. The van der Waals surface area contributed by atoms with Gasteiger partial charge < -0.3 is 14.2 Å². The van der Waals surface area contributed by atoms with Crippen LogP contribution in [0.15, 0.2) is 72.9 Å². The van der Waals surface area contributed by atoms with Crippen molar-refractivity contribution in [1.82, 2.24) is 0 Å². The summed E-state index contributed by atoms with van der Waals surface area (Å²) in [6, 6.07) is 0. The molecule has 1 unspecified atom stereocenters. The second kappa shape index (κ2) is 70.3. The maximum Gasteiger partial charge on any atom is 0.306 e. The van der Waals surface area contributed by atoms with E-state index in [-0.39, 0.29) is 31.1 Å². The molecule has 0 aromatic carbocycles. The summed E-state index contributed by atoms with van der Waals surface area (Å²) in [5.41, 5.74) is 0. The van der Waals surface area contributed by atoms with Crippen molar-refractivity contribution in [2.24, 2.45) is 0 Å². The van der Waals surface area contributed by atoms with Crippen LogP contribution in [-0.2, 0) is 28.6 Å². The first-order chi connectivity index (χ1) is 40.5. The monoisotopic (exact) mass is 1150 g/mol. The van der Waals surface area contributed by atoms with Crippen LogP contribution in [0, 0.1) is 0 Å². The van der Waals surface area contributed by atoms with Gasteiger partial charge in [0.05, 0.1) is 0 Å². The molecule has 0 saturated heterocycles. The van der Waals surface area contributed by atoms with Crippen molar-refractivity contribution >= 4 is 17.9 Å². The van der Waals surface area contributed by atoms with Crippen LogP contribution in [0.4, 0.5) is 0 Å². The van der Waals surface area contributed by atoms with E-state index < -0.39 is 6.10 Å². The van der Waals surface area contributed by atoms with Crippen molar-refractivity contribution in [3.05, 3.63) is 72.9 Å². The Kier molecular flexibility index (Phi) is 67.6. The molecule has 0 heterocycles. The van der Waals surface area contributed by atoms with E-state index in [2.05, 4.69) is 93.7 Å². The molecule has 0 rings (SSSR count). The molecule has 476 valence electrons. The molecule has 82 heavy (non-hydrogen) atoms. The number of esters is 3. The molecule has 0 aromatic heterocycles. The van der Waals surface area contributed by atoms with Gasteiger partial charge in [0.2, 0.25) is 0 Å². The molecule has 0 aromatic rings. The number of carbonyl (C=O) groups excluding carboxylic acids is 3. The lowest BCUT2D eigenvalue weighted by atomic mass is 10.0. The van der Waals surface area contributed by atoms with Gasteiger partial charge in [0.25, 0.3) is 0 Å². The van der Waals surface area contributed by atoms with Gasteiger partial charge in [-0.15, -0.1) is 0 Å². The van der Waals surface area contributed by atoms with Crippen molar-refractivity contribution in [1.29, 1.82) is 0 Å². The molecule has 1 atom stereocenters. The van der Waals surface area contributed by atoms with E-state index in [0.717, 1.165) is 103 Å². The summed E-state index contributed by atoms with van der Waals surface area (Å²) in [7, 11) is 0. The smallest absolute Gasteiger partial charge is 0.306 e. The Morgan fingerprint density at radius 2 is 0.476 bits per heavy atom. The predicted octanol–water partition coefficient (Wildman–Crippen LogP) is 24.8. The van der Waals surface area contributed by atoms with Crippen LogP contribution in [0.25, 0.3) is 0 Å². The summed E-state index contributed by atoms with van der Waals surface area (Å²) < 4.78 is 16.8. The topological polar surface area (TPSA) is 78.9 Å². The number of rotatable bonds is 66. The number of carbonyl (C=O) groups is 3. The molecule has 0 N–H and O–H groups in total. The Labute approximate surface area is 510 Å². The minimum Gasteiger partial charge on any atom is -0.462 e. The summed E-state index contributed by atoms with van der Waals surface area (Å²) in [5, 5.41) is 0. The first kappa shape index (κ1) is 78.8. The molecule has 0 aliphatic heterocycles. The number of hydrogen-bond acceptors (Lipinski definition) is 6. The van der Waals surface area contributed by atoms with E-state index in [1.54, 1.807) is 0 Å². The maximum atomic E-state index is 12.9. The second-order valence-corrected chi connectivity index (χ2v) is 24.1. The van der Waals surface area contributed by atoms with Crippen LogP contribution in [0.5, 0.6) is 0 Å². The highest BCUT2D eigenvalue weighted by Crippen LogP contribution is 2.18. The zero-order chi connectivity index (χ0) is 59.2. The summed E-state index contributed by atoms with van der Waals surface area (Å²) in [6.45, 7) is 6.50. The zero-order valence-corrected chi connectivity index (χ0v) is 54.8. The van der Waals surface area contributed by atoms with Gasteiger partial charge in [-0.1, -0.05) is 357 Å². The lowest BCUT2D eigenvalue weighted by molar-refractivity contribution is -0.167.